The summed E-state index contributed by atoms with van der Waals surface area (Å²) in [6, 6.07) is 9.21. The van der Waals surface area contributed by atoms with Crippen molar-refractivity contribution < 1.29 is 24.2 Å². The lowest BCUT2D eigenvalue weighted by Crippen LogP contribution is -2.51. The van der Waals surface area contributed by atoms with Gasteiger partial charge in [0.2, 0.25) is 0 Å². The molecule has 0 saturated carbocycles. The number of aromatic nitrogens is 1. The number of hydrogen-bond donors (Lipinski definition) is 1. The first-order chi connectivity index (χ1) is 12.5. The topological polar surface area (TPSA) is 89.0 Å². The lowest BCUT2D eigenvalue weighted by atomic mass is 10.0. The zero-order valence-electron chi connectivity index (χ0n) is 14.6. The predicted molar refractivity (Wildman–Crippen MR) is 94.1 cm³/mol. The van der Waals surface area contributed by atoms with Crippen molar-refractivity contribution in [1.29, 1.82) is 0 Å². The van der Waals surface area contributed by atoms with E-state index < -0.39 is 12.1 Å². The van der Waals surface area contributed by atoms with Crippen molar-refractivity contribution in [3.63, 3.8) is 0 Å². The molecule has 1 N–H and O–H groups in total. The summed E-state index contributed by atoms with van der Waals surface area (Å²) in [7, 11) is 1.60. The standard InChI is InChI=1S/C19H20N2O5/c1-12-10-21(11-17(26-12)19(23)24)18(22)15-7-14(8-20-9-15)13-3-5-16(25-2)6-4-13/h3-9,12,17H,10-11H2,1-2H3,(H,23,24)/t12-,17?/m1/s1. The van der Waals surface area contributed by atoms with Gasteiger partial charge in [-0.3, -0.25) is 9.78 Å². The quantitative estimate of drug-likeness (QED) is 0.902. The van der Waals surface area contributed by atoms with Crippen LogP contribution in [0, 0.1) is 0 Å². The van der Waals surface area contributed by atoms with Crippen LogP contribution in [0.2, 0.25) is 0 Å². The van der Waals surface area contributed by atoms with E-state index in [4.69, 9.17) is 9.47 Å². The minimum absolute atomic E-state index is 0.0191. The van der Waals surface area contributed by atoms with Gasteiger partial charge >= 0.3 is 5.97 Å². The van der Waals surface area contributed by atoms with Crippen LogP contribution in [0.4, 0.5) is 0 Å². The molecule has 2 heterocycles. The molecule has 1 aromatic carbocycles. The Bertz CT molecular complexity index is 806. The molecule has 0 aliphatic carbocycles. The average molecular weight is 356 g/mol. The van der Waals surface area contributed by atoms with Crippen LogP contribution >= 0.6 is 0 Å². The van der Waals surface area contributed by atoms with Gasteiger partial charge in [-0.15, -0.1) is 0 Å². The lowest BCUT2D eigenvalue weighted by molar-refractivity contribution is -0.160. The van der Waals surface area contributed by atoms with E-state index in [0.717, 1.165) is 16.9 Å². The summed E-state index contributed by atoms with van der Waals surface area (Å²) >= 11 is 0. The van der Waals surface area contributed by atoms with Crippen molar-refractivity contribution in [3.8, 4) is 16.9 Å². The number of carboxylic acids is 1. The van der Waals surface area contributed by atoms with Gasteiger partial charge in [-0.25, -0.2) is 4.79 Å². The van der Waals surface area contributed by atoms with Gasteiger partial charge in [-0.1, -0.05) is 12.1 Å². The normalized spacial score (nSPS) is 19.8. The summed E-state index contributed by atoms with van der Waals surface area (Å²) in [4.78, 5) is 29.7. The van der Waals surface area contributed by atoms with E-state index in [1.165, 1.54) is 11.1 Å². The number of amides is 1. The third kappa shape index (κ3) is 3.83. The molecular formula is C19H20N2O5. The molecule has 0 spiro atoms. The number of methoxy groups -OCH3 is 1. The number of carboxylic acid groups (broad SMARTS) is 1. The summed E-state index contributed by atoms with van der Waals surface area (Å²) in [6.07, 6.45) is 1.82. The molecule has 7 nitrogen and oxygen atoms in total. The Hall–Kier alpha value is -2.93. The Labute approximate surface area is 151 Å². The van der Waals surface area contributed by atoms with Gasteiger partial charge in [0.15, 0.2) is 6.10 Å². The molecule has 1 amide bonds. The van der Waals surface area contributed by atoms with Gasteiger partial charge in [0, 0.05) is 24.5 Å². The van der Waals surface area contributed by atoms with Crippen LogP contribution < -0.4 is 4.74 Å². The van der Waals surface area contributed by atoms with E-state index >= 15 is 0 Å². The molecule has 1 unspecified atom stereocenters. The Kier molecular flexibility index (Phi) is 5.18. The number of benzene rings is 1. The van der Waals surface area contributed by atoms with Gasteiger partial charge < -0.3 is 19.5 Å². The van der Waals surface area contributed by atoms with E-state index in [9.17, 15) is 14.7 Å². The third-order valence-electron chi connectivity index (χ3n) is 4.23. The number of carbonyl (C=O) groups is 2. The summed E-state index contributed by atoms with van der Waals surface area (Å²) in [6.45, 7) is 2.11. The molecule has 136 valence electrons. The smallest absolute Gasteiger partial charge is 0.334 e. The number of carbonyl (C=O) groups excluding carboxylic acids is 1. The molecule has 1 aromatic heterocycles. The number of morpholine rings is 1. The molecule has 1 fully saturated rings. The van der Waals surface area contributed by atoms with E-state index in [1.54, 1.807) is 26.3 Å². The number of ether oxygens (including phenoxy) is 2. The van der Waals surface area contributed by atoms with Crippen LogP contribution in [0.3, 0.4) is 0 Å². The molecule has 0 radical (unpaired) electrons. The summed E-state index contributed by atoms with van der Waals surface area (Å²) in [5.74, 6) is -0.579. The van der Waals surface area contributed by atoms with Crippen molar-refractivity contribution >= 4 is 11.9 Å². The number of pyridine rings is 1. The first kappa shape index (κ1) is 17.9. The second-order valence-corrected chi connectivity index (χ2v) is 6.17. The summed E-state index contributed by atoms with van der Waals surface area (Å²) in [5.41, 5.74) is 2.12. The number of aliphatic carboxylic acids is 1. The second kappa shape index (κ2) is 7.53. The summed E-state index contributed by atoms with van der Waals surface area (Å²) < 4.78 is 10.5. The van der Waals surface area contributed by atoms with Crippen LogP contribution in [-0.2, 0) is 9.53 Å². The highest BCUT2D eigenvalue weighted by atomic mass is 16.5. The lowest BCUT2D eigenvalue weighted by Gasteiger charge is -2.34. The third-order valence-corrected chi connectivity index (χ3v) is 4.23. The van der Waals surface area contributed by atoms with Crippen molar-refractivity contribution in [3.05, 3.63) is 48.3 Å². The van der Waals surface area contributed by atoms with Crippen molar-refractivity contribution in [1.82, 2.24) is 9.88 Å². The van der Waals surface area contributed by atoms with Crippen LogP contribution in [0.1, 0.15) is 17.3 Å². The first-order valence-corrected chi connectivity index (χ1v) is 8.25. The maximum Gasteiger partial charge on any atom is 0.334 e. The molecule has 0 bridgehead atoms. The molecule has 1 aliphatic rings. The Morgan fingerprint density at radius 1 is 1.19 bits per heavy atom. The van der Waals surface area contributed by atoms with Gasteiger partial charge in [0.1, 0.15) is 5.75 Å². The molecule has 2 aromatic rings. The fraction of sp³-hybridized carbons (Fsp3) is 0.316. The second-order valence-electron chi connectivity index (χ2n) is 6.17. The van der Waals surface area contributed by atoms with Gasteiger partial charge in [-0.2, -0.15) is 0 Å². The van der Waals surface area contributed by atoms with Crippen LogP contribution in [-0.4, -0.2) is 59.3 Å². The predicted octanol–water partition coefficient (Wildman–Crippen LogP) is 2.07. The maximum absolute atomic E-state index is 12.8. The largest absolute Gasteiger partial charge is 0.497 e. The molecule has 26 heavy (non-hydrogen) atoms. The van der Waals surface area contributed by atoms with Crippen molar-refractivity contribution in [2.24, 2.45) is 0 Å². The van der Waals surface area contributed by atoms with E-state index in [0.29, 0.717) is 12.1 Å². The SMILES string of the molecule is COc1ccc(-c2cncc(C(=O)N3CC(C(=O)O)O[C@H](C)C3)c2)cc1. The van der Waals surface area contributed by atoms with Gasteiger partial charge in [0.05, 0.1) is 25.3 Å². The Morgan fingerprint density at radius 2 is 1.92 bits per heavy atom. The monoisotopic (exact) mass is 356 g/mol. The highest BCUT2D eigenvalue weighted by molar-refractivity contribution is 5.95. The van der Waals surface area contributed by atoms with Gasteiger partial charge in [-0.05, 0) is 30.7 Å². The zero-order valence-corrected chi connectivity index (χ0v) is 14.6. The first-order valence-electron chi connectivity index (χ1n) is 8.25. The minimum atomic E-state index is -1.07. The molecule has 2 atom stereocenters. The highest BCUT2D eigenvalue weighted by Gasteiger charge is 2.33. The fourth-order valence-electron chi connectivity index (χ4n) is 2.93. The van der Waals surface area contributed by atoms with E-state index in [-0.39, 0.29) is 18.6 Å². The number of hydrogen-bond acceptors (Lipinski definition) is 5. The van der Waals surface area contributed by atoms with E-state index in [1.807, 2.05) is 24.3 Å². The maximum atomic E-state index is 12.8. The molecule has 3 rings (SSSR count). The van der Waals surface area contributed by atoms with E-state index in [2.05, 4.69) is 4.98 Å². The minimum Gasteiger partial charge on any atom is -0.497 e. The number of rotatable bonds is 4. The van der Waals surface area contributed by atoms with Crippen molar-refractivity contribution in [2.45, 2.75) is 19.1 Å². The average Bonchev–Trinajstić information content (AvgIpc) is 2.67. The molecule has 7 heteroatoms. The molecule has 1 saturated heterocycles. The van der Waals surface area contributed by atoms with Crippen molar-refractivity contribution in [2.75, 3.05) is 20.2 Å². The van der Waals surface area contributed by atoms with Crippen LogP contribution in [0.25, 0.3) is 11.1 Å². The fourth-order valence-corrected chi connectivity index (χ4v) is 2.93. The Balaban J connectivity index is 1.82. The highest BCUT2D eigenvalue weighted by Crippen LogP contribution is 2.23. The molecular weight excluding hydrogens is 336 g/mol. The Morgan fingerprint density at radius 3 is 2.58 bits per heavy atom. The van der Waals surface area contributed by atoms with Crippen LogP contribution in [0.15, 0.2) is 42.7 Å². The number of nitrogens with zero attached hydrogens (tertiary/aromatic N) is 2. The summed E-state index contributed by atoms with van der Waals surface area (Å²) in [5, 5.41) is 9.18. The van der Waals surface area contributed by atoms with Crippen LogP contribution in [0.5, 0.6) is 5.75 Å². The zero-order chi connectivity index (χ0) is 18.7. The van der Waals surface area contributed by atoms with Gasteiger partial charge in [0.25, 0.3) is 5.91 Å². The molecule has 1 aliphatic heterocycles.